The maximum atomic E-state index is 11.9. The van der Waals surface area contributed by atoms with Crippen molar-refractivity contribution in [2.24, 2.45) is 10.9 Å². The zero-order valence-electron chi connectivity index (χ0n) is 8.76. The third-order valence-corrected chi connectivity index (χ3v) is 4.59. The van der Waals surface area contributed by atoms with E-state index in [1.165, 1.54) is 4.31 Å². The molecule has 6 nitrogen and oxygen atoms in total. The van der Waals surface area contributed by atoms with Gasteiger partial charge in [-0.25, -0.2) is 8.42 Å². The Kier molecular flexibility index (Phi) is 3.92. The summed E-state index contributed by atoms with van der Waals surface area (Å²) in [6, 6.07) is 0. The molecule has 1 aliphatic rings. The number of sulfonamides is 1. The minimum Gasteiger partial charge on any atom is -0.409 e. The highest BCUT2D eigenvalue weighted by Crippen LogP contribution is 2.30. The molecular weight excluding hydrogens is 218 g/mol. The Morgan fingerprint density at radius 1 is 1.60 bits per heavy atom. The molecule has 7 heteroatoms. The largest absolute Gasteiger partial charge is 0.409 e. The third-order valence-electron chi connectivity index (χ3n) is 2.25. The van der Waals surface area contributed by atoms with Crippen LogP contribution in [0.25, 0.3) is 0 Å². The number of amidine groups is 1. The van der Waals surface area contributed by atoms with E-state index >= 15 is 0 Å². The Morgan fingerprint density at radius 2 is 2.20 bits per heavy atom. The second-order valence-electron chi connectivity index (χ2n) is 3.67. The van der Waals surface area contributed by atoms with Gasteiger partial charge in [0.05, 0.1) is 11.8 Å². The van der Waals surface area contributed by atoms with Crippen molar-refractivity contribution in [2.45, 2.75) is 31.4 Å². The number of hydrogen-bond donors (Lipinski definition) is 2. The van der Waals surface area contributed by atoms with Crippen LogP contribution in [-0.2, 0) is 10.0 Å². The highest BCUT2D eigenvalue weighted by atomic mass is 32.2. The molecule has 0 aromatic rings. The Hall–Kier alpha value is -0.820. The van der Waals surface area contributed by atoms with Crippen LogP contribution in [0, 0.1) is 0 Å². The van der Waals surface area contributed by atoms with E-state index in [9.17, 15) is 8.42 Å². The molecule has 0 unspecified atom stereocenters. The van der Waals surface area contributed by atoms with Gasteiger partial charge < -0.3 is 10.9 Å². The smallest absolute Gasteiger partial charge is 0.217 e. The van der Waals surface area contributed by atoms with Crippen LogP contribution >= 0.6 is 0 Å². The van der Waals surface area contributed by atoms with Gasteiger partial charge in [0.1, 0.15) is 0 Å². The van der Waals surface area contributed by atoms with E-state index in [0.717, 1.165) is 12.8 Å². The van der Waals surface area contributed by atoms with Crippen molar-refractivity contribution in [3.63, 3.8) is 0 Å². The van der Waals surface area contributed by atoms with Crippen molar-refractivity contribution < 1.29 is 13.6 Å². The highest BCUT2D eigenvalue weighted by molar-refractivity contribution is 7.90. The number of nitrogens with two attached hydrogens (primary N) is 1. The molecule has 0 heterocycles. The van der Waals surface area contributed by atoms with E-state index in [1.54, 1.807) is 0 Å². The fourth-order valence-electron chi connectivity index (χ4n) is 1.33. The quantitative estimate of drug-likeness (QED) is 0.292. The zero-order valence-corrected chi connectivity index (χ0v) is 9.57. The van der Waals surface area contributed by atoms with E-state index in [1.807, 2.05) is 6.92 Å². The van der Waals surface area contributed by atoms with E-state index in [2.05, 4.69) is 5.16 Å². The number of hydrogen-bond acceptors (Lipinski definition) is 4. The summed E-state index contributed by atoms with van der Waals surface area (Å²) in [5, 5.41) is 11.0. The van der Waals surface area contributed by atoms with Gasteiger partial charge in [0, 0.05) is 6.54 Å². The van der Waals surface area contributed by atoms with Gasteiger partial charge in [-0.3, -0.25) is 0 Å². The molecule has 1 aliphatic carbocycles. The Bertz CT molecular complexity index is 335. The first-order valence-corrected chi connectivity index (χ1v) is 6.48. The predicted octanol–water partition coefficient (Wildman–Crippen LogP) is -0.0630. The average molecular weight is 235 g/mol. The van der Waals surface area contributed by atoms with Crippen molar-refractivity contribution in [2.75, 3.05) is 13.1 Å². The van der Waals surface area contributed by atoms with Crippen LogP contribution in [0.4, 0.5) is 0 Å². The molecule has 0 aliphatic heterocycles. The molecule has 1 saturated carbocycles. The molecule has 0 bridgehead atoms. The van der Waals surface area contributed by atoms with Crippen LogP contribution < -0.4 is 5.73 Å². The van der Waals surface area contributed by atoms with Gasteiger partial charge in [-0.05, 0) is 19.3 Å². The van der Waals surface area contributed by atoms with Gasteiger partial charge >= 0.3 is 0 Å². The lowest BCUT2D eigenvalue weighted by molar-refractivity contribution is 0.314. The van der Waals surface area contributed by atoms with Crippen LogP contribution in [0.5, 0.6) is 0 Å². The van der Waals surface area contributed by atoms with Crippen molar-refractivity contribution >= 4 is 15.9 Å². The fraction of sp³-hybridized carbons (Fsp3) is 0.875. The highest BCUT2D eigenvalue weighted by Gasteiger charge is 2.39. The second kappa shape index (κ2) is 4.80. The van der Waals surface area contributed by atoms with Gasteiger partial charge in [-0.15, -0.1) is 0 Å². The number of nitrogens with zero attached hydrogens (tertiary/aromatic N) is 2. The molecule has 1 fully saturated rings. The fourth-order valence-corrected chi connectivity index (χ4v) is 3.24. The van der Waals surface area contributed by atoms with E-state index < -0.39 is 10.0 Å². The van der Waals surface area contributed by atoms with Crippen molar-refractivity contribution in [1.82, 2.24) is 4.31 Å². The first-order valence-electron chi connectivity index (χ1n) is 4.97. The van der Waals surface area contributed by atoms with Crippen molar-refractivity contribution in [3.8, 4) is 0 Å². The molecule has 15 heavy (non-hydrogen) atoms. The minimum atomic E-state index is -3.23. The van der Waals surface area contributed by atoms with Gasteiger partial charge in [-0.2, -0.15) is 4.31 Å². The number of oxime groups is 1. The van der Waals surface area contributed by atoms with Crippen LogP contribution in [0.1, 0.15) is 26.2 Å². The van der Waals surface area contributed by atoms with Gasteiger partial charge in [-0.1, -0.05) is 12.1 Å². The first kappa shape index (κ1) is 12.3. The summed E-state index contributed by atoms with van der Waals surface area (Å²) in [7, 11) is -3.23. The summed E-state index contributed by atoms with van der Waals surface area (Å²) < 4.78 is 25.0. The molecule has 0 aromatic heterocycles. The summed E-state index contributed by atoms with van der Waals surface area (Å²) in [4.78, 5) is 0. The predicted molar refractivity (Wildman–Crippen MR) is 57.2 cm³/mol. The van der Waals surface area contributed by atoms with E-state index in [4.69, 9.17) is 10.9 Å². The molecule has 1 rings (SSSR count). The summed E-state index contributed by atoms with van der Waals surface area (Å²) >= 11 is 0. The lowest BCUT2D eigenvalue weighted by Crippen LogP contribution is -2.40. The summed E-state index contributed by atoms with van der Waals surface area (Å²) in [6.45, 7) is 2.28. The topological polar surface area (TPSA) is 96.0 Å². The van der Waals surface area contributed by atoms with Crippen LogP contribution in [0.2, 0.25) is 0 Å². The second-order valence-corrected chi connectivity index (χ2v) is 5.88. The minimum absolute atomic E-state index is 0.0246. The van der Waals surface area contributed by atoms with Gasteiger partial charge in [0.2, 0.25) is 10.0 Å². The Labute approximate surface area is 89.8 Å². The zero-order chi connectivity index (χ0) is 11.5. The van der Waals surface area contributed by atoms with Crippen LogP contribution in [0.15, 0.2) is 5.16 Å². The molecule has 0 atom stereocenters. The number of rotatable bonds is 6. The Morgan fingerprint density at radius 3 is 2.60 bits per heavy atom. The lowest BCUT2D eigenvalue weighted by atomic mass is 10.4. The molecular formula is C8H17N3O3S. The SMILES string of the molecule is CCCN(CC(N)=NO)S(=O)(=O)C1CC1. The molecule has 0 saturated heterocycles. The van der Waals surface area contributed by atoms with Gasteiger partial charge in [0.25, 0.3) is 0 Å². The average Bonchev–Trinajstić information content (AvgIpc) is 3.00. The van der Waals surface area contributed by atoms with E-state index in [0.29, 0.717) is 13.0 Å². The van der Waals surface area contributed by atoms with Crippen molar-refractivity contribution in [3.05, 3.63) is 0 Å². The van der Waals surface area contributed by atoms with Crippen molar-refractivity contribution in [1.29, 1.82) is 0 Å². The van der Waals surface area contributed by atoms with Crippen LogP contribution in [0.3, 0.4) is 0 Å². The normalized spacial score (nSPS) is 18.4. The van der Waals surface area contributed by atoms with Gasteiger partial charge in [0.15, 0.2) is 5.84 Å². The maximum Gasteiger partial charge on any atom is 0.217 e. The standard InChI is InChI=1S/C8H17N3O3S/c1-2-5-11(6-8(9)10-12)15(13,14)7-3-4-7/h7,12H,2-6H2,1H3,(H2,9,10). The lowest BCUT2D eigenvalue weighted by Gasteiger charge is -2.20. The summed E-state index contributed by atoms with van der Waals surface area (Å²) in [6.07, 6.45) is 2.15. The third kappa shape index (κ3) is 3.07. The monoisotopic (exact) mass is 235 g/mol. The summed E-state index contributed by atoms with van der Waals surface area (Å²) in [5.74, 6) is -0.0762. The molecule has 3 N–H and O–H groups in total. The first-order chi connectivity index (χ1) is 7.02. The van der Waals surface area contributed by atoms with E-state index in [-0.39, 0.29) is 17.6 Å². The Balaban J connectivity index is 2.72. The molecule has 0 aromatic carbocycles. The maximum absolute atomic E-state index is 11.9. The molecule has 0 amide bonds. The molecule has 88 valence electrons. The molecule has 0 spiro atoms. The molecule has 0 radical (unpaired) electrons. The summed E-state index contributed by atoms with van der Waals surface area (Å²) in [5.41, 5.74) is 5.32. The van der Waals surface area contributed by atoms with Crippen LogP contribution in [-0.4, -0.2) is 42.1 Å².